The summed E-state index contributed by atoms with van der Waals surface area (Å²) in [6.07, 6.45) is 2.74. The third-order valence-electron chi connectivity index (χ3n) is 2.38. The molecule has 0 fully saturated rings. The highest BCUT2D eigenvalue weighted by atomic mass is 16.2. The first-order valence-electron chi connectivity index (χ1n) is 5.87. The third-order valence-corrected chi connectivity index (χ3v) is 2.38. The molecule has 1 aromatic heterocycles. The summed E-state index contributed by atoms with van der Waals surface area (Å²) in [6.45, 7) is 1.16. The second-order valence-electron chi connectivity index (χ2n) is 3.83. The molecule has 3 N–H and O–H groups in total. The molecule has 0 aliphatic heterocycles. The van der Waals surface area contributed by atoms with Crippen LogP contribution in [0.5, 0.6) is 0 Å². The summed E-state index contributed by atoms with van der Waals surface area (Å²) in [5, 5.41) is 5.14. The zero-order chi connectivity index (χ0) is 14.1. The Bertz CT molecular complexity index is 534. The number of aromatic amines is 1. The van der Waals surface area contributed by atoms with Crippen molar-refractivity contribution in [2.45, 2.75) is 19.4 Å². The summed E-state index contributed by atoms with van der Waals surface area (Å²) in [4.78, 5) is 45.7. The topological polar surface area (TPSA) is 113 Å². The normalized spacial score (nSPS) is 9.89. The second kappa shape index (κ2) is 7.85. The van der Waals surface area contributed by atoms with Gasteiger partial charge < -0.3 is 15.2 Å². The molecule has 19 heavy (non-hydrogen) atoms. The minimum atomic E-state index is -0.532. The predicted octanol–water partition coefficient (Wildman–Crippen LogP) is -1.82. The number of carbonyl (C=O) groups excluding carboxylic acids is 2. The van der Waals surface area contributed by atoms with Crippen LogP contribution in [0.2, 0.25) is 0 Å². The van der Waals surface area contributed by atoms with Gasteiger partial charge in [0.15, 0.2) is 0 Å². The first kappa shape index (κ1) is 14.7. The maximum Gasteiger partial charge on any atom is 0.328 e. The summed E-state index contributed by atoms with van der Waals surface area (Å²) >= 11 is 0. The number of H-pyrrole nitrogens is 1. The van der Waals surface area contributed by atoms with Crippen LogP contribution in [-0.2, 0) is 16.1 Å². The quantitative estimate of drug-likeness (QED) is 0.380. The van der Waals surface area contributed by atoms with E-state index in [1.54, 1.807) is 0 Å². The average Bonchev–Trinajstić information content (AvgIpc) is 2.37. The standard InChI is InChI=1S/C11H16N4O4/c16-8-12-4-1-5-13-9(17)2-6-15-7-3-10(18)14-11(15)19/h3,7-8H,1-2,4-6H2,(H,12,16)(H,13,17)(H,14,18,19). The molecule has 104 valence electrons. The van der Waals surface area contributed by atoms with Crippen molar-refractivity contribution in [2.24, 2.45) is 0 Å². The van der Waals surface area contributed by atoms with Gasteiger partial charge in [0.2, 0.25) is 12.3 Å². The van der Waals surface area contributed by atoms with Gasteiger partial charge in [-0.3, -0.25) is 19.4 Å². The van der Waals surface area contributed by atoms with Crippen LogP contribution in [0.3, 0.4) is 0 Å². The maximum absolute atomic E-state index is 11.4. The number of rotatable bonds is 8. The molecule has 0 aliphatic carbocycles. The van der Waals surface area contributed by atoms with Crippen LogP contribution in [0, 0.1) is 0 Å². The largest absolute Gasteiger partial charge is 0.359 e. The van der Waals surface area contributed by atoms with Crippen molar-refractivity contribution in [3.8, 4) is 0 Å². The highest BCUT2D eigenvalue weighted by Gasteiger charge is 2.02. The first-order valence-corrected chi connectivity index (χ1v) is 5.87. The van der Waals surface area contributed by atoms with Gasteiger partial charge in [0.1, 0.15) is 0 Å². The lowest BCUT2D eigenvalue weighted by Gasteiger charge is -2.06. The van der Waals surface area contributed by atoms with Crippen molar-refractivity contribution in [1.29, 1.82) is 0 Å². The van der Waals surface area contributed by atoms with Crippen molar-refractivity contribution in [2.75, 3.05) is 13.1 Å². The number of nitrogens with one attached hydrogen (secondary N) is 3. The lowest BCUT2D eigenvalue weighted by atomic mass is 10.3. The van der Waals surface area contributed by atoms with Crippen LogP contribution < -0.4 is 21.9 Å². The summed E-state index contributed by atoms with van der Waals surface area (Å²) in [6, 6.07) is 1.23. The maximum atomic E-state index is 11.4. The molecule has 0 spiro atoms. The van der Waals surface area contributed by atoms with Crippen LogP contribution >= 0.6 is 0 Å². The average molecular weight is 268 g/mol. The Balaban J connectivity index is 2.28. The molecule has 0 aliphatic rings. The lowest BCUT2D eigenvalue weighted by molar-refractivity contribution is -0.121. The molecule has 1 rings (SSSR count). The molecular formula is C11H16N4O4. The number of aromatic nitrogens is 2. The number of nitrogens with zero attached hydrogens (tertiary/aromatic N) is 1. The molecule has 1 heterocycles. The van der Waals surface area contributed by atoms with Gasteiger partial charge in [-0.1, -0.05) is 0 Å². The van der Waals surface area contributed by atoms with E-state index in [2.05, 4.69) is 15.6 Å². The zero-order valence-electron chi connectivity index (χ0n) is 10.3. The van der Waals surface area contributed by atoms with Crippen molar-refractivity contribution in [3.63, 3.8) is 0 Å². The highest BCUT2D eigenvalue weighted by Crippen LogP contribution is 1.86. The molecule has 8 nitrogen and oxygen atoms in total. The van der Waals surface area contributed by atoms with Crippen LogP contribution in [-0.4, -0.2) is 35.0 Å². The summed E-state index contributed by atoms with van der Waals surface area (Å²) in [7, 11) is 0. The monoisotopic (exact) mass is 268 g/mol. The Hall–Kier alpha value is -2.38. The Morgan fingerprint density at radius 1 is 1.37 bits per heavy atom. The Labute approximate surface area is 108 Å². The third kappa shape index (κ3) is 5.66. The fourth-order valence-corrected chi connectivity index (χ4v) is 1.41. The van der Waals surface area contributed by atoms with E-state index in [1.165, 1.54) is 16.8 Å². The van der Waals surface area contributed by atoms with E-state index in [1.807, 2.05) is 0 Å². The fourth-order valence-electron chi connectivity index (χ4n) is 1.41. The van der Waals surface area contributed by atoms with E-state index in [-0.39, 0.29) is 18.9 Å². The number of hydrogen-bond donors (Lipinski definition) is 3. The van der Waals surface area contributed by atoms with Crippen LogP contribution in [0.25, 0.3) is 0 Å². The Morgan fingerprint density at radius 2 is 2.16 bits per heavy atom. The van der Waals surface area contributed by atoms with E-state index in [9.17, 15) is 19.2 Å². The smallest absolute Gasteiger partial charge is 0.328 e. The molecule has 0 aromatic carbocycles. The van der Waals surface area contributed by atoms with Gasteiger partial charge in [-0.15, -0.1) is 0 Å². The molecule has 0 radical (unpaired) electrons. The van der Waals surface area contributed by atoms with Crippen LogP contribution in [0.15, 0.2) is 21.9 Å². The van der Waals surface area contributed by atoms with Gasteiger partial charge in [-0.2, -0.15) is 0 Å². The molecule has 2 amide bonds. The molecule has 1 aromatic rings. The van der Waals surface area contributed by atoms with Gasteiger partial charge in [-0.25, -0.2) is 4.79 Å². The molecular weight excluding hydrogens is 252 g/mol. The number of carbonyl (C=O) groups is 2. The van der Waals surface area contributed by atoms with Gasteiger partial charge in [0.05, 0.1) is 0 Å². The van der Waals surface area contributed by atoms with E-state index in [4.69, 9.17) is 0 Å². The Morgan fingerprint density at radius 3 is 2.84 bits per heavy atom. The minimum Gasteiger partial charge on any atom is -0.359 e. The van der Waals surface area contributed by atoms with Gasteiger partial charge in [0, 0.05) is 38.3 Å². The van der Waals surface area contributed by atoms with Gasteiger partial charge >= 0.3 is 5.69 Å². The van der Waals surface area contributed by atoms with Crippen molar-refractivity contribution >= 4 is 12.3 Å². The molecule has 0 saturated heterocycles. The Kier molecular flexibility index (Phi) is 6.07. The minimum absolute atomic E-state index is 0.146. The van der Waals surface area contributed by atoms with Crippen molar-refractivity contribution < 1.29 is 9.59 Å². The molecule has 8 heteroatoms. The summed E-state index contributed by atoms with van der Waals surface area (Å²) < 4.78 is 1.26. The van der Waals surface area contributed by atoms with E-state index in [0.717, 1.165) is 0 Å². The molecule has 0 saturated carbocycles. The molecule has 0 unspecified atom stereocenters. The molecule has 0 bridgehead atoms. The summed E-state index contributed by atoms with van der Waals surface area (Å²) in [5.74, 6) is -0.191. The van der Waals surface area contributed by atoms with E-state index >= 15 is 0 Å². The van der Waals surface area contributed by atoms with E-state index in [0.29, 0.717) is 25.9 Å². The number of hydrogen-bond acceptors (Lipinski definition) is 4. The first-order chi connectivity index (χ1) is 9.13. The van der Waals surface area contributed by atoms with Gasteiger partial charge in [-0.05, 0) is 6.42 Å². The van der Waals surface area contributed by atoms with Gasteiger partial charge in [0.25, 0.3) is 5.56 Å². The second-order valence-corrected chi connectivity index (χ2v) is 3.83. The molecule has 0 atom stereocenters. The van der Waals surface area contributed by atoms with Crippen molar-refractivity contribution in [3.05, 3.63) is 33.1 Å². The summed E-state index contributed by atoms with van der Waals surface area (Å²) in [5.41, 5.74) is -0.996. The van der Waals surface area contributed by atoms with Crippen LogP contribution in [0.4, 0.5) is 0 Å². The zero-order valence-corrected chi connectivity index (χ0v) is 10.3. The van der Waals surface area contributed by atoms with Crippen molar-refractivity contribution in [1.82, 2.24) is 20.2 Å². The fraction of sp³-hybridized carbons (Fsp3) is 0.455. The van der Waals surface area contributed by atoms with Crippen LogP contribution in [0.1, 0.15) is 12.8 Å². The number of amides is 2. The SMILES string of the molecule is O=CNCCCNC(=O)CCn1ccc(=O)[nH]c1=O. The van der Waals surface area contributed by atoms with E-state index < -0.39 is 11.2 Å². The lowest BCUT2D eigenvalue weighted by Crippen LogP contribution is -2.32. The number of aryl methyl sites for hydroxylation is 1. The highest BCUT2D eigenvalue weighted by molar-refractivity contribution is 5.75. The predicted molar refractivity (Wildman–Crippen MR) is 67.6 cm³/mol.